The van der Waals surface area contributed by atoms with Crippen molar-refractivity contribution >= 4 is 5.69 Å². The van der Waals surface area contributed by atoms with E-state index >= 15 is 0 Å². The molecule has 1 saturated heterocycles. The van der Waals surface area contributed by atoms with Crippen molar-refractivity contribution in [3.8, 4) is 0 Å². The summed E-state index contributed by atoms with van der Waals surface area (Å²) in [5.41, 5.74) is 2.79. The summed E-state index contributed by atoms with van der Waals surface area (Å²) < 4.78 is 0. The lowest BCUT2D eigenvalue weighted by atomic mass is 9.98. The lowest BCUT2D eigenvalue weighted by Crippen LogP contribution is -2.47. The van der Waals surface area contributed by atoms with Crippen LogP contribution >= 0.6 is 0 Å². The van der Waals surface area contributed by atoms with E-state index in [1.165, 1.54) is 50.1 Å². The SMILES string of the molecule is CCN1CCCC1CN(C)C1CNc2ccccc2C1. The Balaban J connectivity index is 1.60. The van der Waals surface area contributed by atoms with Gasteiger partial charge in [0.15, 0.2) is 0 Å². The molecule has 110 valence electrons. The highest BCUT2D eigenvalue weighted by atomic mass is 15.2. The summed E-state index contributed by atoms with van der Waals surface area (Å²) in [5.74, 6) is 0. The molecule has 0 spiro atoms. The number of para-hydroxylation sites is 1. The maximum absolute atomic E-state index is 3.59. The van der Waals surface area contributed by atoms with Crippen molar-refractivity contribution in [2.75, 3.05) is 38.5 Å². The highest BCUT2D eigenvalue weighted by Gasteiger charge is 2.28. The zero-order chi connectivity index (χ0) is 13.9. The van der Waals surface area contributed by atoms with Gasteiger partial charge < -0.3 is 5.32 Å². The van der Waals surface area contributed by atoms with Crippen LogP contribution in [0.2, 0.25) is 0 Å². The van der Waals surface area contributed by atoms with Gasteiger partial charge in [0.2, 0.25) is 0 Å². The van der Waals surface area contributed by atoms with E-state index in [1.54, 1.807) is 0 Å². The van der Waals surface area contributed by atoms with Crippen LogP contribution in [0.5, 0.6) is 0 Å². The lowest BCUT2D eigenvalue weighted by Gasteiger charge is -2.36. The van der Waals surface area contributed by atoms with Gasteiger partial charge in [-0.05, 0) is 51.0 Å². The molecule has 1 N–H and O–H groups in total. The summed E-state index contributed by atoms with van der Waals surface area (Å²) >= 11 is 0. The fraction of sp³-hybridized carbons (Fsp3) is 0.647. The molecular formula is C17H27N3. The molecule has 1 aromatic rings. The molecule has 0 radical (unpaired) electrons. The van der Waals surface area contributed by atoms with Gasteiger partial charge in [-0.2, -0.15) is 0 Å². The summed E-state index contributed by atoms with van der Waals surface area (Å²) in [6, 6.07) is 10.1. The largest absolute Gasteiger partial charge is 0.383 e. The van der Waals surface area contributed by atoms with Gasteiger partial charge in [0, 0.05) is 30.9 Å². The Labute approximate surface area is 123 Å². The molecule has 0 amide bonds. The van der Waals surface area contributed by atoms with Crippen molar-refractivity contribution in [2.45, 2.75) is 38.3 Å². The molecule has 2 aliphatic rings. The Morgan fingerprint density at radius 1 is 1.35 bits per heavy atom. The first-order chi connectivity index (χ1) is 9.78. The van der Waals surface area contributed by atoms with Crippen molar-refractivity contribution in [1.29, 1.82) is 0 Å². The lowest BCUT2D eigenvalue weighted by molar-refractivity contribution is 0.165. The zero-order valence-electron chi connectivity index (χ0n) is 12.8. The average Bonchev–Trinajstić information content (AvgIpc) is 2.94. The molecule has 3 nitrogen and oxygen atoms in total. The molecule has 0 aromatic heterocycles. The molecule has 3 rings (SSSR count). The Bertz CT molecular complexity index is 446. The maximum Gasteiger partial charge on any atom is 0.0373 e. The molecule has 1 fully saturated rings. The number of nitrogens with zero attached hydrogens (tertiary/aromatic N) is 2. The fourth-order valence-corrected chi connectivity index (χ4v) is 3.74. The van der Waals surface area contributed by atoms with Crippen molar-refractivity contribution in [3.63, 3.8) is 0 Å². The second-order valence-corrected chi connectivity index (χ2v) is 6.26. The van der Waals surface area contributed by atoms with Crippen LogP contribution in [-0.4, -0.2) is 55.1 Å². The van der Waals surface area contributed by atoms with Crippen LogP contribution in [0.1, 0.15) is 25.3 Å². The minimum atomic E-state index is 0.629. The first-order valence-corrected chi connectivity index (χ1v) is 8.04. The van der Waals surface area contributed by atoms with Crippen molar-refractivity contribution < 1.29 is 0 Å². The van der Waals surface area contributed by atoms with Crippen LogP contribution in [0.25, 0.3) is 0 Å². The minimum Gasteiger partial charge on any atom is -0.383 e. The van der Waals surface area contributed by atoms with E-state index in [1.807, 2.05) is 0 Å². The first-order valence-electron chi connectivity index (χ1n) is 8.04. The predicted octanol–water partition coefficient (Wildman–Crippen LogP) is 2.44. The number of anilines is 1. The summed E-state index contributed by atoms with van der Waals surface area (Å²) in [6.45, 7) is 7.07. The summed E-state index contributed by atoms with van der Waals surface area (Å²) in [5, 5.41) is 3.59. The molecule has 2 unspecified atom stereocenters. The molecule has 2 atom stereocenters. The van der Waals surface area contributed by atoms with Gasteiger partial charge >= 0.3 is 0 Å². The summed E-state index contributed by atoms with van der Waals surface area (Å²) in [4.78, 5) is 5.21. The topological polar surface area (TPSA) is 18.5 Å². The highest BCUT2D eigenvalue weighted by molar-refractivity contribution is 5.53. The molecule has 2 aliphatic heterocycles. The van der Waals surface area contributed by atoms with Gasteiger partial charge in [0.1, 0.15) is 0 Å². The van der Waals surface area contributed by atoms with Crippen molar-refractivity contribution in [1.82, 2.24) is 9.80 Å². The number of likely N-dealkylation sites (tertiary alicyclic amines) is 1. The van der Waals surface area contributed by atoms with E-state index < -0.39 is 0 Å². The molecule has 2 heterocycles. The quantitative estimate of drug-likeness (QED) is 0.909. The third kappa shape index (κ3) is 2.84. The van der Waals surface area contributed by atoms with Gasteiger partial charge in [-0.1, -0.05) is 25.1 Å². The first kappa shape index (κ1) is 13.9. The van der Waals surface area contributed by atoms with Crippen LogP contribution < -0.4 is 5.32 Å². The van der Waals surface area contributed by atoms with Gasteiger partial charge in [-0.3, -0.25) is 9.80 Å². The Morgan fingerprint density at radius 2 is 2.20 bits per heavy atom. The monoisotopic (exact) mass is 273 g/mol. The predicted molar refractivity (Wildman–Crippen MR) is 85.3 cm³/mol. The molecule has 0 aliphatic carbocycles. The van der Waals surface area contributed by atoms with E-state index in [4.69, 9.17) is 0 Å². The minimum absolute atomic E-state index is 0.629. The number of hydrogen-bond donors (Lipinski definition) is 1. The van der Waals surface area contributed by atoms with E-state index in [0.717, 1.165) is 12.6 Å². The smallest absolute Gasteiger partial charge is 0.0373 e. The third-order valence-electron chi connectivity index (χ3n) is 5.03. The number of fused-ring (bicyclic) bond motifs is 1. The average molecular weight is 273 g/mol. The Kier molecular flexibility index (Phi) is 4.27. The van der Waals surface area contributed by atoms with Gasteiger partial charge in [0.25, 0.3) is 0 Å². The summed E-state index contributed by atoms with van der Waals surface area (Å²) in [7, 11) is 2.30. The molecule has 0 saturated carbocycles. The van der Waals surface area contributed by atoms with Gasteiger partial charge in [-0.25, -0.2) is 0 Å². The third-order valence-corrected chi connectivity index (χ3v) is 5.03. The molecule has 0 bridgehead atoms. The maximum atomic E-state index is 3.59. The second kappa shape index (κ2) is 6.15. The summed E-state index contributed by atoms with van der Waals surface area (Å²) in [6.07, 6.45) is 3.92. The number of hydrogen-bond acceptors (Lipinski definition) is 3. The highest BCUT2D eigenvalue weighted by Crippen LogP contribution is 2.24. The van der Waals surface area contributed by atoms with E-state index in [-0.39, 0.29) is 0 Å². The fourth-order valence-electron chi connectivity index (χ4n) is 3.74. The van der Waals surface area contributed by atoms with Gasteiger partial charge in [-0.15, -0.1) is 0 Å². The van der Waals surface area contributed by atoms with Crippen LogP contribution in [0.15, 0.2) is 24.3 Å². The second-order valence-electron chi connectivity index (χ2n) is 6.26. The van der Waals surface area contributed by atoms with Crippen LogP contribution in [0.4, 0.5) is 5.69 Å². The normalized spacial score (nSPS) is 26.6. The number of likely N-dealkylation sites (N-methyl/N-ethyl adjacent to an activating group) is 2. The molecular weight excluding hydrogens is 246 g/mol. The van der Waals surface area contributed by atoms with E-state index in [0.29, 0.717) is 6.04 Å². The Hall–Kier alpha value is -1.06. The number of nitrogens with one attached hydrogen (secondary N) is 1. The number of benzene rings is 1. The van der Waals surface area contributed by atoms with E-state index in [9.17, 15) is 0 Å². The zero-order valence-corrected chi connectivity index (χ0v) is 12.8. The standard InChI is InChI=1S/C17H27N3/c1-3-20-10-6-8-15(20)13-19(2)16-11-14-7-4-5-9-17(14)18-12-16/h4-5,7,9,15-16,18H,3,6,8,10-13H2,1-2H3. The van der Waals surface area contributed by atoms with Crippen LogP contribution in [-0.2, 0) is 6.42 Å². The molecule has 20 heavy (non-hydrogen) atoms. The number of rotatable bonds is 4. The van der Waals surface area contributed by atoms with Gasteiger partial charge in [0.05, 0.1) is 0 Å². The Morgan fingerprint density at radius 3 is 3.05 bits per heavy atom. The van der Waals surface area contributed by atoms with E-state index in [2.05, 4.69) is 53.4 Å². The van der Waals surface area contributed by atoms with Crippen LogP contribution in [0.3, 0.4) is 0 Å². The molecule has 1 aromatic carbocycles. The molecule has 3 heteroatoms. The van der Waals surface area contributed by atoms with Crippen molar-refractivity contribution in [2.24, 2.45) is 0 Å². The van der Waals surface area contributed by atoms with Crippen molar-refractivity contribution in [3.05, 3.63) is 29.8 Å². The van der Waals surface area contributed by atoms with Crippen LogP contribution in [0, 0.1) is 0 Å².